The summed E-state index contributed by atoms with van der Waals surface area (Å²) in [6.07, 6.45) is 1.51. The molecule has 4 aromatic rings. The number of sulfonamides is 1. The number of aromatic nitrogens is 1. The van der Waals surface area contributed by atoms with E-state index in [-0.39, 0.29) is 22.4 Å². The molecule has 2 aromatic carbocycles. The molecule has 0 atom stereocenters. The highest BCUT2D eigenvalue weighted by Gasteiger charge is 2.16. The average Bonchev–Trinajstić information content (AvgIpc) is 3.50. The van der Waals surface area contributed by atoms with E-state index in [9.17, 15) is 13.2 Å². The lowest BCUT2D eigenvalue weighted by molar-refractivity contribution is 0.0992. The molecule has 0 unspecified atom stereocenters. The minimum atomic E-state index is -3.76. The van der Waals surface area contributed by atoms with Crippen molar-refractivity contribution in [1.82, 2.24) is 4.98 Å². The summed E-state index contributed by atoms with van der Waals surface area (Å²) >= 11 is 1.18. The number of ether oxygens (including phenoxy) is 2. The van der Waals surface area contributed by atoms with E-state index in [1.165, 1.54) is 41.8 Å². The Morgan fingerprint density at radius 3 is 2.42 bits per heavy atom. The number of rotatable bonds is 9. The Bertz CT molecular complexity index is 1320. The van der Waals surface area contributed by atoms with Crippen LogP contribution >= 0.6 is 11.3 Å². The predicted octanol–water partition coefficient (Wildman–Crippen LogP) is 4.38. The molecular formula is C22H19N3O6S2. The number of thiazole rings is 1. The highest BCUT2D eigenvalue weighted by molar-refractivity contribution is 7.93. The Kier molecular flexibility index (Phi) is 6.61. The van der Waals surface area contributed by atoms with E-state index >= 15 is 0 Å². The maximum Gasteiger partial charge on any atom is 0.291 e. The predicted molar refractivity (Wildman–Crippen MR) is 123 cm³/mol. The fraction of sp³-hybridized carbons (Fsp3) is 0.0909. The van der Waals surface area contributed by atoms with E-state index in [2.05, 4.69) is 15.0 Å². The second kappa shape index (κ2) is 9.76. The molecule has 170 valence electrons. The molecule has 0 radical (unpaired) electrons. The Morgan fingerprint density at radius 2 is 1.76 bits per heavy atom. The number of furan rings is 1. The maximum atomic E-state index is 12.5. The van der Waals surface area contributed by atoms with Crippen molar-refractivity contribution in [2.75, 3.05) is 17.1 Å². The summed E-state index contributed by atoms with van der Waals surface area (Å²) < 4.78 is 43.5. The minimum Gasteiger partial charge on any atom is -0.497 e. The van der Waals surface area contributed by atoms with Gasteiger partial charge in [-0.15, -0.1) is 11.3 Å². The van der Waals surface area contributed by atoms with Gasteiger partial charge in [0.2, 0.25) is 0 Å². The highest BCUT2D eigenvalue weighted by atomic mass is 32.2. The van der Waals surface area contributed by atoms with Gasteiger partial charge < -0.3 is 19.2 Å². The normalized spacial score (nSPS) is 11.1. The maximum absolute atomic E-state index is 12.5. The quantitative estimate of drug-likeness (QED) is 0.361. The number of amides is 1. The fourth-order valence-electron chi connectivity index (χ4n) is 2.76. The van der Waals surface area contributed by atoms with Crippen LogP contribution < -0.4 is 19.5 Å². The molecule has 4 rings (SSSR count). The number of hydrogen-bond donors (Lipinski definition) is 2. The van der Waals surface area contributed by atoms with Crippen LogP contribution in [0.5, 0.6) is 11.5 Å². The molecule has 0 bridgehead atoms. The molecule has 1 amide bonds. The molecule has 0 aliphatic rings. The summed E-state index contributed by atoms with van der Waals surface area (Å²) in [4.78, 5) is 16.4. The van der Waals surface area contributed by atoms with Crippen molar-refractivity contribution < 1.29 is 27.1 Å². The van der Waals surface area contributed by atoms with Crippen LogP contribution in [0.25, 0.3) is 0 Å². The summed E-state index contributed by atoms with van der Waals surface area (Å²) in [7, 11) is -2.18. The molecule has 2 aromatic heterocycles. The van der Waals surface area contributed by atoms with Crippen LogP contribution in [-0.2, 0) is 16.6 Å². The van der Waals surface area contributed by atoms with E-state index in [1.807, 2.05) is 0 Å². The average molecular weight is 486 g/mol. The molecule has 11 heteroatoms. The largest absolute Gasteiger partial charge is 0.497 e. The number of nitrogens with one attached hydrogen (secondary N) is 2. The Labute approximate surface area is 194 Å². The third-order valence-corrected chi connectivity index (χ3v) is 6.58. The van der Waals surface area contributed by atoms with Gasteiger partial charge in [-0.25, -0.2) is 13.4 Å². The molecule has 2 N–H and O–H groups in total. The van der Waals surface area contributed by atoms with Crippen molar-refractivity contribution in [3.05, 3.63) is 83.8 Å². The number of anilines is 2. The van der Waals surface area contributed by atoms with Gasteiger partial charge in [0.15, 0.2) is 10.9 Å². The van der Waals surface area contributed by atoms with E-state index in [0.717, 1.165) is 5.75 Å². The summed E-state index contributed by atoms with van der Waals surface area (Å²) in [6.45, 7) is 0.151. The number of nitrogens with zero attached hydrogens (tertiary/aromatic N) is 1. The molecule has 0 fully saturated rings. The highest BCUT2D eigenvalue weighted by Crippen LogP contribution is 2.21. The molecule has 9 nitrogen and oxygen atoms in total. The van der Waals surface area contributed by atoms with Crippen molar-refractivity contribution >= 4 is 38.1 Å². The lowest BCUT2D eigenvalue weighted by Crippen LogP contribution is -2.13. The fourth-order valence-corrected chi connectivity index (χ4v) is 4.55. The van der Waals surface area contributed by atoms with Crippen LogP contribution in [0.15, 0.2) is 81.6 Å². The lowest BCUT2D eigenvalue weighted by atomic mass is 10.3. The first-order valence-electron chi connectivity index (χ1n) is 9.62. The minimum absolute atomic E-state index is 0.0478. The van der Waals surface area contributed by atoms with E-state index in [4.69, 9.17) is 13.9 Å². The van der Waals surface area contributed by atoms with Gasteiger partial charge >= 0.3 is 0 Å². The summed E-state index contributed by atoms with van der Waals surface area (Å²) in [6, 6.07) is 16.1. The zero-order valence-electron chi connectivity index (χ0n) is 17.3. The molecule has 0 saturated carbocycles. The van der Waals surface area contributed by atoms with Gasteiger partial charge in [0, 0.05) is 17.3 Å². The number of carbonyl (C=O) groups excluding carboxylic acids is 1. The van der Waals surface area contributed by atoms with Gasteiger partial charge in [-0.2, -0.15) is 0 Å². The van der Waals surface area contributed by atoms with Crippen molar-refractivity contribution in [3.8, 4) is 11.5 Å². The zero-order chi connectivity index (χ0) is 23.3. The number of hydrogen-bond acceptors (Lipinski definition) is 8. The van der Waals surface area contributed by atoms with Crippen molar-refractivity contribution in [3.63, 3.8) is 0 Å². The lowest BCUT2D eigenvalue weighted by Gasteiger charge is -2.07. The van der Waals surface area contributed by atoms with Gasteiger partial charge in [0.1, 0.15) is 23.9 Å². The van der Waals surface area contributed by atoms with Crippen molar-refractivity contribution in [2.45, 2.75) is 11.5 Å². The van der Waals surface area contributed by atoms with Crippen LogP contribution in [0.3, 0.4) is 0 Å². The van der Waals surface area contributed by atoms with Gasteiger partial charge in [-0.05, 0) is 60.7 Å². The van der Waals surface area contributed by atoms with Crippen LogP contribution in [0, 0.1) is 0 Å². The molecule has 0 spiro atoms. The SMILES string of the molecule is COc1ccc(OCc2ccc(C(=O)Nc3ccc(S(=O)(=O)Nc4nccs4)cc3)o2)cc1. The first-order chi connectivity index (χ1) is 15.9. The second-order valence-electron chi connectivity index (χ2n) is 6.65. The Balaban J connectivity index is 1.34. The van der Waals surface area contributed by atoms with Crippen molar-refractivity contribution in [2.24, 2.45) is 0 Å². The van der Waals surface area contributed by atoms with Gasteiger partial charge in [-0.1, -0.05) is 0 Å². The molecule has 33 heavy (non-hydrogen) atoms. The second-order valence-corrected chi connectivity index (χ2v) is 9.23. The van der Waals surface area contributed by atoms with Gasteiger partial charge in [0.25, 0.3) is 15.9 Å². The molecule has 0 saturated heterocycles. The molecular weight excluding hydrogens is 466 g/mol. The third-order valence-electron chi connectivity index (χ3n) is 4.40. The molecule has 0 aliphatic carbocycles. The summed E-state index contributed by atoms with van der Waals surface area (Å²) in [5, 5.41) is 4.61. The van der Waals surface area contributed by atoms with E-state index in [0.29, 0.717) is 17.2 Å². The number of carbonyl (C=O) groups is 1. The molecule has 2 heterocycles. The van der Waals surface area contributed by atoms with Crippen LogP contribution in [0.1, 0.15) is 16.3 Å². The summed E-state index contributed by atoms with van der Waals surface area (Å²) in [5.41, 5.74) is 0.417. The smallest absolute Gasteiger partial charge is 0.291 e. The summed E-state index contributed by atoms with van der Waals surface area (Å²) in [5.74, 6) is 1.47. The third kappa shape index (κ3) is 5.70. The number of methoxy groups -OCH3 is 1. The van der Waals surface area contributed by atoms with Crippen molar-refractivity contribution in [1.29, 1.82) is 0 Å². The van der Waals surface area contributed by atoms with Crippen LogP contribution in [0.2, 0.25) is 0 Å². The van der Waals surface area contributed by atoms with Crippen LogP contribution in [-0.4, -0.2) is 26.4 Å². The number of benzene rings is 2. The topological polar surface area (TPSA) is 120 Å². The first-order valence-corrected chi connectivity index (χ1v) is 12.0. The van der Waals surface area contributed by atoms with E-state index < -0.39 is 15.9 Å². The van der Waals surface area contributed by atoms with E-state index in [1.54, 1.807) is 48.9 Å². The Morgan fingerprint density at radius 1 is 1.03 bits per heavy atom. The first kappa shape index (κ1) is 22.4. The van der Waals surface area contributed by atoms with Gasteiger partial charge in [-0.3, -0.25) is 9.52 Å². The zero-order valence-corrected chi connectivity index (χ0v) is 19.0. The van der Waals surface area contributed by atoms with Gasteiger partial charge in [0.05, 0.1) is 12.0 Å². The van der Waals surface area contributed by atoms with Crippen LogP contribution in [0.4, 0.5) is 10.8 Å². The monoisotopic (exact) mass is 485 g/mol. The molecule has 0 aliphatic heterocycles. The standard InChI is InChI=1S/C22H19N3O6S2/c1-29-16-4-6-17(7-5-16)30-14-18-8-11-20(31-18)21(26)24-15-2-9-19(10-3-15)33(27,28)25-22-23-12-13-32-22/h2-13H,14H2,1H3,(H,23,25)(H,24,26). The Hall–Kier alpha value is -3.83.